The molecular formula is C20H21FN4O4. The minimum absolute atomic E-state index is 0.163. The van der Waals surface area contributed by atoms with Crippen molar-refractivity contribution >= 4 is 17.4 Å². The second-order valence-electron chi connectivity index (χ2n) is 6.45. The number of nitrogens with zero attached hydrogens (tertiary/aromatic N) is 2. The van der Waals surface area contributed by atoms with Gasteiger partial charge in [-0.05, 0) is 30.7 Å². The van der Waals surface area contributed by atoms with Gasteiger partial charge in [0.15, 0.2) is 5.69 Å². The zero-order valence-corrected chi connectivity index (χ0v) is 15.9. The number of nitrogens with one attached hydrogen (secondary N) is 1. The molecule has 2 aromatic heterocycles. The summed E-state index contributed by atoms with van der Waals surface area (Å²) in [5.74, 6) is -1.32. The molecule has 29 heavy (non-hydrogen) atoms. The Morgan fingerprint density at radius 1 is 1.24 bits per heavy atom. The Balaban J connectivity index is 2.16. The first-order valence-electron chi connectivity index (χ1n) is 9.15. The highest BCUT2D eigenvalue weighted by Crippen LogP contribution is 2.23. The molecule has 0 saturated carbocycles. The molecule has 0 fully saturated rings. The molecule has 0 aliphatic carbocycles. The van der Waals surface area contributed by atoms with Gasteiger partial charge in [-0.15, -0.1) is 0 Å². The maximum absolute atomic E-state index is 14.3. The lowest BCUT2D eigenvalue weighted by Crippen LogP contribution is -2.41. The number of carbonyl (C=O) groups excluding carboxylic acids is 1. The molecule has 0 atom stereocenters. The molecule has 3 aromatic rings. The molecule has 0 saturated heterocycles. The molecule has 0 spiro atoms. The predicted octanol–water partition coefficient (Wildman–Crippen LogP) is 2.50. The number of aromatic nitrogens is 2. The summed E-state index contributed by atoms with van der Waals surface area (Å²) >= 11 is 0. The molecule has 2 heterocycles. The van der Waals surface area contributed by atoms with Crippen molar-refractivity contribution in [3.63, 3.8) is 0 Å². The number of H-pyrrole nitrogens is 1. The smallest absolute Gasteiger partial charge is 0.330 e. The van der Waals surface area contributed by atoms with Crippen LogP contribution in [0.5, 0.6) is 0 Å². The van der Waals surface area contributed by atoms with Gasteiger partial charge in [-0.2, -0.15) is 0 Å². The Bertz CT molecular complexity index is 1120. The Labute approximate surface area is 165 Å². The number of rotatable bonds is 7. The second kappa shape index (κ2) is 8.59. The minimum Gasteiger partial charge on any atom is -0.467 e. The Morgan fingerprint density at radius 3 is 2.66 bits per heavy atom. The quantitative estimate of drug-likeness (QED) is 0.632. The summed E-state index contributed by atoms with van der Waals surface area (Å²) in [5.41, 5.74) is 4.17. The third kappa shape index (κ3) is 4.13. The zero-order valence-electron chi connectivity index (χ0n) is 15.9. The van der Waals surface area contributed by atoms with E-state index in [1.54, 1.807) is 12.1 Å². The molecule has 3 rings (SSSR count). The van der Waals surface area contributed by atoms with Crippen molar-refractivity contribution in [3.8, 4) is 0 Å². The summed E-state index contributed by atoms with van der Waals surface area (Å²) in [7, 11) is 0. The van der Waals surface area contributed by atoms with E-state index >= 15 is 0 Å². The van der Waals surface area contributed by atoms with Crippen molar-refractivity contribution in [1.29, 1.82) is 0 Å². The number of nitrogen functional groups attached to an aromatic ring is 1. The monoisotopic (exact) mass is 400 g/mol. The zero-order chi connectivity index (χ0) is 21.0. The van der Waals surface area contributed by atoms with Crippen LogP contribution in [0.25, 0.3) is 0 Å². The van der Waals surface area contributed by atoms with Gasteiger partial charge >= 0.3 is 5.69 Å². The average molecular weight is 400 g/mol. The van der Waals surface area contributed by atoms with Crippen LogP contribution in [0.2, 0.25) is 0 Å². The largest absolute Gasteiger partial charge is 0.467 e. The Morgan fingerprint density at radius 2 is 2.00 bits per heavy atom. The van der Waals surface area contributed by atoms with Gasteiger partial charge in [0, 0.05) is 6.54 Å². The van der Waals surface area contributed by atoms with Crippen molar-refractivity contribution < 1.29 is 13.6 Å². The average Bonchev–Trinajstić information content (AvgIpc) is 3.20. The van der Waals surface area contributed by atoms with Gasteiger partial charge in [0.05, 0.1) is 18.4 Å². The van der Waals surface area contributed by atoms with Crippen LogP contribution in [0.15, 0.2) is 56.7 Å². The van der Waals surface area contributed by atoms with Gasteiger partial charge in [-0.25, -0.2) is 9.18 Å². The fourth-order valence-corrected chi connectivity index (χ4v) is 2.97. The Kier molecular flexibility index (Phi) is 5.96. The summed E-state index contributed by atoms with van der Waals surface area (Å²) in [6.45, 7) is 2.05. The number of unbranched alkanes of at least 4 members (excludes halogenated alkanes) is 1. The van der Waals surface area contributed by atoms with Gasteiger partial charge in [0.2, 0.25) is 0 Å². The molecule has 0 aliphatic rings. The van der Waals surface area contributed by atoms with E-state index in [4.69, 9.17) is 10.2 Å². The normalized spacial score (nSPS) is 10.8. The van der Waals surface area contributed by atoms with E-state index in [0.29, 0.717) is 12.2 Å². The van der Waals surface area contributed by atoms with E-state index in [0.717, 1.165) is 17.4 Å². The van der Waals surface area contributed by atoms with Crippen molar-refractivity contribution in [2.75, 3.05) is 10.6 Å². The highest BCUT2D eigenvalue weighted by atomic mass is 19.1. The first kappa shape index (κ1) is 20.1. The summed E-state index contributed by atoms with van der Waals surface area (Å²) in [6, 6.07) is 8.65. The van der Waals surface area contributed by atoms with Crippen molar-refractivity contribution in [3.05, 3.63) is 80.6 Å². The number of carbonyl (C=O) groups is 1. The number of amides is 1. The number of furan rings is 1. The van der Waals surface area contributed by atoms with E-state index in [1.165, 1.54) is 29.0 Å². The van der Waals surface area contributed by atoms with Gasteiger partial charge in [0.25, 0.3) is 11.5 Å². The lowest BCUT2D eigenvalue weighted by atomic mass is 10.1. The number of anilines is 2. The van der Waals surface area contributed by atoms with Gasteiger partial charge in [0.1, 0.15) is 17.4 Å². The summed E-state index contributed by atoms with van der Waals surface area (Å²) in [4.78, 5) is 41.2. The molecule has 0 bridgehead atoms. The lowest BCUT2D eigenvalue weighted by Gasteiger charge is -2.24. The van der Waals surface area contributed by atoms with Crippen LogP contribution in [0.4, 0.5) is 15.9 Å². The van der Waals surface area contributed by atoms with Gasteiger partial charge in [-0.3, -0.25) is 24.0 Å². The van der Waals surface area contributed by atoms with Gasteiger partial charge < -0.3 is 10.2 Å². The standard InChI is InChI=1S/C20H21FN4O4/c1-2-3-10-24-17(22)16(18(26)23-20(24)28)25(12-13-7-6-11-29-13)19(27)14-8-4-5-9-15(14)21/h4-9,11H,2-3,10,12,22H2,1H3,(H,23,26,28). The SMILES string of the molecule is CCCCn1c(N)c(N(Cc2ccco2)C(=O)c2ccccc2F)c(=O)[nH]c1=O. The van der Waals surface area contributed by atoms with E-state index < -0.39 is 23.0 Å². The molecule has 0 radical (unpaired) electrons. The van der Waals surface area contributed by atoms with E-state index in [2.05, 4.69) is 4.98 Å². The maximum Gasteiger partial charge on any atom is 0.330 e. The molecule has 0 aliphatic heterocycles. The van der Waals surface area contributed by atoms with Crippen molar-refractivity contribution in [2.45, 2.75) is 32.9 Å². The minimum atomic E-state index is -0.837. The van der Waals surface area contributed by atoms with E-state index in [9.17, 15) is 18.8 Å². The van der Waals surface area contributed by atoms with E-state index in [-0.39, 0.29) is 30.2 Å². The van der Waals surface area contributed by atoms with Crippen LogP contribution in [0.1, 0.15) is 35.9 Å². The number of benzene rings is 1. The lowest BCUT2D eigenvalue weighted by molar-refractivity contribution is 0.0979. The molecule has 1 amide bonds. The summed E-state index contributed by atoms with van der Waals surface area (Å²) < 4.78 is 20.8. The molecule has 152 valence electrons. The highest BCUT2D eigenvalue weighted by Gasteiger charge is 2.27. The first-order chi connectivity index (χ1) is 13.9. The molecule has 1 aromatic carbocycles. The number of nitrogens with two attached hydrogens (primary N) is 1. The number of aromatic amines is 1. The molecule has 8 nitrogen and oxygen atoms in total. The van der Waals surface area contributed by atoms with Crippen LogP contribution in [0, 0.1) is 5.82 Å². The fourth-order valence-electron chi connectivity index (χ4n) is 2.97. The van der Waals surface area contributed by atoms with Gasteiger partial charge in [-0.1, -0.05) is 25.5 Å². The highest BCUT2D eigenvalue weighted by molar-refractivity contribution is 6.07. The maximum atomic E-state index is 14.3. The molecule has 0 unspecified atom stereocenters. The second-order valence-corrected chi connectivity index (χ2v) is 6.45. The first-order valence-corrected chi connectivity index (χ1v) is 9.15. The summed E-state index contributed by atoms with van der Waals surface area (Å²) in [6.07, 6.45) is 2.86. The van der Waals surface area contributed by atoms with Crippen LogP contribution in [-0.4, -0.2) is 15.5 Å². The molecule has 3 N–H and O–H groups in total. The van der Waals surface area contributed by atoms with Crippen molar-refractivity contribution in [1.82, 2.24) is 9.55 Å². The predicted molar refractivity (Wildman–Crippen MR) is 106 cm³/mol. The molecular weight excluding hydrogens is 379 g/mol. The Hall–Kier alpha value is -3.62. The number of hydrogen-bond acceptors (Lipinski definition) is 5. The van der Waals surface area contributed by atoms with E-state index in [1.807, 2.05) is 6.92 Å². The number of halogens is 1. The third-order valence-electron chi connectivity index (χ3n) is 4.46. The third-order valence-corrected chi connectivity index (χ3v) is 4.46. The topological polar surface area (TPSA) is 114 Å². The number of hydrogen-bond donors (Lipinski definition) is 2. The van der Waals surface area contributed by atoms with Crippen molar-refractivity contribution in [2.24, 2.45) is 0 Å². The van der Waals surface area contributed by atoms with Crippen LogP contribution < -0.4 is 21.9 Å². The van der Waals surface area contributed by atoms with Crippen LogP contribution >= 0.6 is 0 Å². The van der Waals surface area contributed by atoms with Crippen LogP contribution in [0.3, 0.4) is 0 Å². The molecule has 9 heteroatoms. The van der Waals surface area contributed by atoms with Crippen LogP contribution in [-0.2, 0) is 13.1 Å². The fraction of sp³-hybridized carbons (Fsp3) is 0.250. The summed E-state index contributed by atoms with van der Waals surface area (Å²) in [5, 5.41) is 0.